The third-order valence-corrected chi connectivity index (χ3v) is 8.85. The van der Waals surface area contributed by atoms with Gasteiger partial charge in [-0.25, -0.2) is 9.97 Å². The van der Waals surface area contributed by atoms with Gasteiger partial charge in [-0.15, -0.1) is 0 Å². The molecule has 1 heterocycles. The molecule has 0 radical (unpaired) electrons. The van der Waals surface area contributed by atoms with E-state index in [2.05, 4.69) is 152 Å². The highest BCUT2D eigenvalue weighted by atomic mass is 14.9. The highest BCUT2D eigenvalue weighted by Gasteiger charge is 2.14. The first-order valence-corrected chi connectivity index (χ1v) is 15.0. The van der Waals surface area contributed by atoms with E-state index < -0.39 is 0 Å². The summed E-state index contributed by atoms with van der Waals surface area (Å²) >= 11 is 0. The molecule has 0 saturated carbocycles. The smallest absolute Gasteiger partial charge is 0.160 e. The standard InChI is InChI=1S/C42H26N2/c1-2-10-30-25-31(22-19-27(30)9-1)28-17-20-29(21-18-28)42-43-40-16-8-7-15-38(40)41(44-42)32-23-24-37-35-13-4-3-11-33(35)34-12-5-6-14-36(34)39(37)26-32/h1-26H. The van der Waals surface area contributed by atoms with Crippen LogP contribution in [-0.2, 0) is 0 Å². The summed E-state index contributed by atoms with van der Waals surface area (Å²) in [5.74, 6) is 0.729. The van der Waals surface area contributed by atoms with Crippen LogP contribution in [0.25, 0.3) is 87.8 Å². The Morgan fingerprint density at radius 2 is 0.818 bits per heavy atom. The molecule has 0 N–H and O–H groups in total. The minimum Gasteiger partial charge on any atom is -0.228 e. The lowest BCUT2D eigenvalue weighted by atomic mass is 9.92. The highest BCUT2D eigenvalue weighted by Crippen LogP contribution is 2.38. The van der Waals surface area contributed by atoms with Crippen molar-refractivity contribution in [3.8, 4) is 33.8 Å². The maximum absolute atomic E-state index is 5.22. The maximum atomic E-state index is 5.22. The van der Waals surface area contributed by atoms with Crippen molar-refractivity contribution in [2.45, 2.75) is 0 Å². The molecule has 0 amide bonds. The van der Waals surface area contributed by atoms with Crippen LogP contribution in [0.15, 0.2) is 158 Å². The van der Waals surface area contributed by atoms with Gasteiger partial charge < -0.3 is 0 Å². The zero-order valence-corrected chi connectivity index (χ0v) is 23.9. The molecule has 2 nitrogen and oxygen atoms in total. The third-order valence-electron chi connectivity index (χ3n) is 8.85. The van der Waals surface area contributed by atoms with Crippen molar-refractivity contribution in [2.24, 2.45) is 0 Å². The van der Waals surface area contributed by atoms with E-state index in [0.29, 0.717) is 0 Å². The van der Waals surface area contributed by atoms with Gasteiger partial charge >= 0.3 is 0 Å². The van der Waals surface area contributed by atoms with Gasteiger partial charge in [-0.05, 0) is 72.4 Å². The predicted octanol–water partition coefficient (Wildman–Crippen LogP) is 11.2. The van der Waals surface area contributed by atoms with Crippen molar-refractivity contribution < 1.29 is 0 Å². The highest BCUT2D eigenvalue weighted by molar-refractivity contribution is 6.25. The summed E-state index contributed by atoms with van der Waals surface area (Å²) in [5, 5.41) is 11.1. The van der Waals surface area contributed by atoms with E-state index >= 15 is 0 Å². The van der Waals surface area contributed by atoms with Gasteiger partial charge in [0, 0.05) is 16.5 Å². The van der Waals surface area contributed by atoms with Gasteiger partial charge in [0.15, 0.2) is 5.82 Å². The van der Waals surface area contributed by atoms with Crippen molar-refractivity contribution in [1.29, 1.82) is 0 Å². The molecule has 0 aliphatic rings. The van der Waals surface area contributed by atoms with E-state index in [-0.39, 0.29) is 0 Å². The van der Waals surface area contributed by atoms with Gasteiger partial charge in [0.2, 0.25) is 0 Å². The number of aromatic nitrogens is 2. The number of hydrogen-bond acceptors (Lipinski definition) is 2. The quantitative estimate of drug-likeness (QED) is 0.202. The normalized spacial score (nSPS) is 11.6. The Bertz CT molecular complexity index is 2510. The van der Waals surface area contributed by atoms with Crippen LogP contribution in [0.2, 0.25) is 0 Å². The zero-order chi connectivity index (χ0) is 29.0. The van der Waals surface area contributed by atoms with Crippen molar-refractivity contribution in [2.75, 3.05) is 0 Å². The van der Waals surface area contributed by atoms with Gasteiger partial charge in [0.1, 0.15) is 0 Å². The molecule has 0 aliphatic heterocycles. The molecule has 0 spiro atoms. The van der Waals surface area contributed by atoms with E-state index in [1.807, 2.05) is 6.07 Å². The molecular weight excluding hydrogens is 532 g/mol. The van der Waals surface area contributed by atoms with Crippen molar-refractivity contribution in [1.82, 2.24) is 9.97 Å². The molecule has 0 bridgehead atoms. The van der Waals surface area contributed by atoms with Crippen molar-refractivity contribution >= 4 is 54.0 Å². The lowest BCUT2D eigenvalue weighted by Gasteiger charge is -2.13. The molecule has 8 aromatic carbocycles. The Balaban J connectivity index is 1.20. The molecule has 1 aromatic heterocycles. The van der Waals surface area contributed by atoms with Crippen LogP contribution in [-0.4, -0.2) is 9.97 Å². The largest absolute Gasteiger partial charge is 0.228 e. The summed E-state index contributed by atoms with van der Waals surface area (Å²) in [7, 11) is 0. The van der Waals surface area contributed by atoms with Crippen molar-refractivity contribution in [3.05, 3.63) is 158 Å². The number of para-hydroxylation sites is 1. The molecule has 44 heavy (non-hydrogen) atoms. The second-order valence-corrected chi connectivity index (χ2v) is 11.4. The van der Waals surface area contributed by atoms with Gasteiger partial charge in [0.25, 0.3) is 0 Å². The summed E-state index contributed by atoms with van der Waals surface area (Å²) in [5.41, 5.74) is 6.35. The summed E-state index contributed by atoms with van der Waals surface area (Å²) in [6, 6.07) is 56.2. The molecular formula is C42H26N2. The topological polar surface area (TPSA) is 25.8 Å². The fraction of sp³-hybridized carbons (Fsp3) is 0. The van der Waals surface area contributed by atoms with Crippen molar-refractivity contribution in [3.63, 3.8) is 0 Å². The van der Waals surface area contributed by atoms with Gasteiger partial charge in [-0.1, -0.05) is 140 Å². The van der Waals surface area contributed by atoms with Crippen LogP contribution in [0.4, 0.5) is 0 Å². The molecule has 0 unspecified atom stereocenters. The van der Waals surface area contributed by atoms with Crippen LogP contribution in [0.5, 0.6) is 0 Å². The first-order chi connectivity index (χ1) is 21.8. The Morgan fingerprint density at radius 3 is 1.55 bits per heavy atom. The average molecular weight is 559 g/mol. The van der Waals surface area contributed by atoms with Gasteiger partial charge in [-0.2, -0.15) is 0 Å². The molecule has 0 aliphatic carbocycles. The first-order valence-electron chi connectivity index (χ1n) is 15.0. The molecule has 0 atom stereocenters. The van der Waals surface area contributed by atoms with Crippen LogP contribution < -0.4 is 0 Å². The fourth-order valence-electron chi connectivity index (χ4n) is 6.66. The van der Waals surface area contributed by atoms with E-state index in [1.165, 1.54) is 54.2 Å². The molecule has 9 rings (SSSR count). The second kappa shape index (κ2) is 9.86. The molecule has 0 saturated heterocycles. The summed E-state index contributed by atoms with van der Waals surface area (Å²) in [6.07, 6.45) is 0. The van der Waals surface area contributed by atoms with Crippen LogP contribution >= 0.6 is 0 Å². The molecule has 9 aromatic rings. The SMILES string of the molecule is c1ccc2cc(-c3ccc(-c4nc(-c5ccc6c7ccccc7c7ccccc7c6c5)c5ccccc5n4)cc3)ccc2c1. The number of hydrogen-bond donors (Lipinski definition) is 0. The molecule has 0 fully saturated rings. The monoisotopic (exact) mass is 558 g/mol. The first kappa shape index (κ1) is 24.7. The van der Waals surface area contributed by atoms with Crippen LogP contribution in [0.1, 0.15) is 0 Å². The number of benzene rings is 8. The molecule has 2 heteroatoms. The Morgan fingerprint density at radius 1 is 0.295 bits per heavy atom. The van der Waals surface area contributed by atoms with Crippen LogP contribution in [0, 0.1) is 0 Å². The second-order valence-electron chi connectivity index (χ2n) is 11.4. The Hall–Kier alpha value is -5.86. The van der Waals surface area contributed by atoms with Gasteiger partial charge in [-0.3, -0.25) is 0 Å². The fourth-order valence-corrected chi connectivity index (χ4v) is 6.66. The summed E-state index contributed by atoms with van der Waals surface area (Å²) in [4.78, 5) is 10.2. The Labute approximate surface area is 254 Å². The van der Waals surface area contributed by atoms with E-state index in [4.69, 9.17) is 9.97 Å². The average Bonchev–Trinajstić information content (AvgIpc) is 3.11. The third kappa shape index (κ3) is 3.96. The lowest BCUT2D eigenvalue weighted by molar-refractivity contribution is 1.23. The minimum atomic E-state index is 0.729. The number of fused-ring (bicyclic) bond motifs is 8. The van der Waals surface area contributed by atoms with E-state index in [1.54, 1.807) is 0 Å². The zero-order valence-electron chi connectivity index (χ0n) is 23.9. The molecule has 204 valence electrons. The summed E-state index contributed by atoms with van der Waals surface area (Å²) < 4.78 is 0. The maximum Gasteiger partial charge on any atom is 0.160 e. The minimum absolute atomic E-state index is 0.729. The number of rotatable bonds is 3. The Kier molecular flexibility index (Phi) is 5.54. The predicted molar refractivity (Wildman–Crippen MR) is 186 cm³/mol. The number of nitrogens with zero attached hydrogens (tertiary/aromatic N) is 2. The van der Waals surface area contributed by atoms with Gasteiger partial charge in [0.05, 0.1) is 11.2 Å². The lowest BCUT2D eigenvalue weighted by Crippen LogP contribution is -1.95. The van der Waals surface area contributed by atoms with E-state index in [0.717, 1.165) is 33.5 Å². The summed E-state index contributed by atoms with van der Waals surface area (Å²) in [6.45, 7) is 0. The van der Waals surface area contributed by atoms with Crippen LogP contribution in [0.3, 0.4) is 0 Å². The van der Waals surface area contributed by atoms with E-state index in [9.17, 15) is 0 Å².